The summed E-state index contributed by atoms with van der Waals surface area (Å²) in [5, 5.41) is 0. The van der Waals surface area contributed by atoms with Crippen LogP contribution < -0.4 is 15.5 Å². The van der Waals surface area contributed by atoms with Crippen molar-refractivity contribution in [3.63, 3.8) is 0 Å². The number of rotatable bonds is 5. The molecule has 0 radical (unpaired) electrons. The second-order valence-corrected chi connectivity index (χ2v) is 6.97. The quantitative estimate of drug-likeness (QED) is 0.847. The van der Waals surface area contributed by atoms with E-state index in [4.69, 9.17) is 15.5 Å². The Bertz CT molecular complexity index is 728. The summed E-state index contributed by atoms with van der Waals surface area (Å²) in [5.74, 6) is 3.11. The molecule has 2 N–H and O–H groups in total. The summed E-state index contributed by atoms with van der Waals surface area (Å²) >= 11 is 0. The zero-order valence-corrected chi connectivity index (χ0v) is 15.1. The van der Waals surface area contributed by atoms with Gasteiger partial charge in [0.1, 0.15) is 18.2 Å². The normalized spacial score (nSPS) is 23.0. The number of hydrogen-bond donors (Lipinski definition) is 1. The molecule has 138 valence electrons. The minimum atomic E-state index is 0.305. The molecule has 0 atom stereocenters. The van der Waals surface area contributed by atoms with Gasteiger partial charge in [0.2, 0.25) is 0 Å². The number of aromatic nitrogens is 4. The summed E-state index contributed by atoms with van der Waals surface area (Å²) in [7, 11) is 1.68. The number of ether oxygens (including phenoxy) is 1. The summed E-state index contributed by atoms with van der Waals surface area (Å²) in [6.07, 6.45) is 7.26. The van der Waals surface area contributed by atoms with E-state index in [2.05, 4.69) is 30.8 Å². The Morgan fingerprint density at radius 2 is 1.81 bits per heavy atom. The standard InChI is InChI=1S/C18H25N7O/c1-26-12-16-22-15(13-8-14(19)9-13)10-17(23-16)24-4-6-25(7-5-24)18-11-20-2-3-21-18/h2-3,10-11,13-14H,4-9,12,19H2,1H3. The molecule has 1 aliphatic heterocycles. The monoisotopic (exact) mass is 355 g/mol. The number of hydrogen-bond acceptors (Lipinski definition) is 8. The molecule has 1 saturated heterocycles. The molecule has 3 heterocycles. The highest BCUT2D eigenvalue weighted by molar-refractivity contribution is 5.45. The molecule has 2 fully saturated rings. The lowest BCUT2D eigenvalue weighted by Crippen LogP contribution is -2.47. The Morgan fingerprint density at radius 1 is 1.08 bits per heavy atom. The number of nitrogens with zero attached hydrogens (tertiary/aromatic N) is 6. The maximum atomic E-state index is 5.96. The van der Waals surface area contributed by atoms with Crippen molar-refractivity contribution in [2.45, 2.75) is 31.4 Å². The van der Waals surface area contributed by atoms with Crippen molar-refractivity contribution >= 4 is 11.6 Å². The molecule has 0 bridgehead atoms. The highest BCUT2D eigenvalue weighted by Gasteiger charge is 2.30. The Labute approximate surface area is 153 Å². The van der Waals surface area contributed by atoms with Crippen molar-refractivity contribution in [3.05, 3.63) is 36.2 Å². The third kappa shape index (κ3) is 3.61. The Hall–Kier alpha value is -2.32. The average Bonchev–Trinajstić information content (AvgIpc) is 2.66. The van der Waals surface area contributed by atoms with Gasteiger partial charge in [-0.05, 0) is 12.8 Å². The van der Waals surface area contributed by atoms with E-state index >= 15 is 0 Å². The van der Waals surface area contributed by atoms with Crippen molar-refractivity contribution in [2.24, 2.45) is 5.73 Å². The van der Waals surface area contributed by atoms with E-state index in [0.29, 0.717) is 18.6 Å². The van der Waals surface area contributed by atoms with Crippen LogP contribution in [0.15, 0.2) is 24.7 Å². The Balaban J connectivity index is 1.48. The summed E-state index contributed by atoms with van der Waals surface area (Å²) in [6, 6.07) is 2.44. The lowest BCUT2D eigenvalue weighted by Gasteiger charge is -2.37. The van der Waals surface area contributed by atoms with Crippen molar-refractivity contribution in [1.82, 2.24) is 19.9 Å². The molecule has 8 nitrogen and oxygen atoms in total. The van der Waals surface area contributed by atoms with E-state index in [0.717, 1.165) is 62.2 Å². The van der Waals surface area contributed by atoms with Gasteiger partial charge in [-0.3, -0.25) is 4.98 Å². The fourth-order valence-corrected chi connectivity index (χ4v) is 3.59. The van der Waals surface area contributed by atoms with Crippen molar-refractivity contribution in [3.8, 4) is 0 Å². The van der Waals surface area contributed by atoms with E-state index in [-0.39, 0.29) is 0 Å². The minimum absolute atomic E-state index is 0.305. The maximum absolute atomic E-state index is 5.96. The third-order valence-corrected chi connectivity index (χ3v) is 5.12. The fraction of sp³-hybridized carbons (Fsp3) is 0.556. The zero-order chi connectivity index (χ0) is 17.9. The molecular weight excluding hydrogens is 330 g/mol. The van der Waals surface area contributed by atoms with Gasteiger partial charge in [-0.2, -0.15) is 0 Å². The van der Waals surface area contributed by atoms with Gasteiger partial charge in [0, 0.05) is 69.4 Å². The lowest BCUT2D eigenvalue weighted by molar-refractivity contribution is 0.177. The molecular formula is C18H25N7O. The van der Waals surface area contributed by atoms with E-state index in [1.54, 1.807) is 19.5 Å². The molecule has 1 saturated carbocycles. The first-order chi connectivity index (χ1) is 12.7. The van der Waals surface area contributed by atoms with E-state index in [9.17, 15) is 0 Å². The minimum Gasteiger partial charge on any atom is -0.377 e. The first-order valence-electron chi connectivity index (χ1n) is 9.11. The van der Waals surface area contributed by atoms with E-state index < -0.39 is 0 Å². The topological polar surface area (TPSA) is 93.3 Å². The van der Waals surface area contributed by atoms with Crippen LogP contribution in [0.1, 0.15) is 30.3 Å². The predicted molar refractivity (Wildman–Crippen MR) is 99.2 cm³/mol. The van der Waals surface area contributed by atoms with E-state index in [1.165, 1.54) is 0 Å². The fourth-order valence-electron chi connectivity index (χ4n) is 3.59. The SMILES string of the molecule is COCc1nc(C2CC(N)C2)cc(N2CCN(c3cnccn3)CC2)n1. The van der Waals surface area contributed by atoms with Crippen molar-refractivity contribution in [1.29, 1.82) is 0 Å². The molecule has 2 aliphatic rings. The molecule has 0 spiro atoms. The van der Waals surface area contributed by atoms with Crippen LogP contribution in [0.25, 0.3) is 0 Å². The number of methoxy groups -OCH3 is 1. The predicted octanol–water partition coefficient (Wildman–Crippen LogP) is 0.944. The molecule has 8 heteroatoms. The van der Waals surface area contributed by atoms with Gasteiger partial charge in [-0.1, -0.05) is 0 Å². The number of anilines is 2. The second kappa shape index (κ2) is 7.51. The van der Waals surface area contributed by atoms with Crippen LogP contribution in [0.2, 0.25) is 0 Å². The van der Waals surface area contributed by atoms with Gasteiger partial charge in [-0.25, -0.2) is 15.0 Å². The first kappa shape index (κ1) is 17.1. The Kier molecular flexibility index (Phi) is 4.94. The molecule has 0 amide bonds. The van der Waals surface area contributed by atoms with Crippen molar-refractivity contribution < 1.29 is 4.74 Å². The van der Waals surface area contributed by atoms with E-state index in [1.807, 2.05) is 6.20 Å². The largest absolute Gasteiger partial charge is 0.377 e. The van der Waals surface area contributed by atoms with Gasteiger partial charge in [0.15, 0.2) is 5.82 Å². The highest BCUT2D eigenvalue weighted by atomic mass is 16.5. The van der Waals surface area contributed by atoms with Crippen LogP contribution in [0.5, 0.6) is 0 Å². The van der Waals surface area contributed by atoms with Crippen LogP contribution in [-0.2, 0) is 11.3 Å². The lowest BCUT2D eigenvalue weighted by atomic mass is 9.78. The van der Waals surface area contributed by atoms with Crippen molar-refractivity contribution in [2.75, 3.05) is 43.1 Å². The molecule has 0 aromatic carbocycles. The molecule has 0 unspecified atom stereocenters. The zero-order valence-electron chi connectivity index (χ0n) is 15.1. The smallest absolute Gasteiger partial charge is 0.156 e. The van der Waals surface area contributed by atoms with Crippen LogP contribution in [-0.4, -0.2) is 59.3 Å². The van der Waals surface area contributed by atoms with Gasteiger partial charge >= 0.3 is 0 Å². The average molecular weight is 355 g/mol. The molecule has 2 aromatic rings. The summed E-state index contributed by atoms with van der Waals surface area (Å²) in [6.45, 7) is 4.00. The third-order valence-electron chi connectivity index (χ3n) is 5.12. The summed E-state index contributed by atoms with van der Waals surface area (Å²) in [4.78, 5) is 22.5. The molecule has 4 rings (SSSR count). The molecule has 26 heavy (non-hydrogen) atoms. The first-order valence-corrected chi connectivity index (χ1v) is 9.11. The molecule has 1 aliphatic carbocycles. The summed E-state index contributed by atoms with van der Waals surface area (Å²) < 4.78 is 5.26. The van der Waals surface area contributed by atoms with Gasteiger partial charge < -0.3 is 20.3 Å². The van der Waals surface area contributed by atoms with Crippen LogP contribution in [0.3, 0.4) is 0 Å². The van der Waals surface area contributed by atoms with Crippen LogP contribution >= 0.6 is 0 Å². The highest BCUT2D eigenvalue weighted by Crippen LogP contribution is 2.35. The second-order valence-electron chi connectivity index (χ2n) is 6.97. The van der Waals surface area contributed by atoms with Crippen LogP contribution in [0.4, 0.5) is 11.6 Å². The molecule has 2 aromatic heterocycles. The maximum Gasteiger partial charge on any atom is 0.156 e. The Morgan fingerprint density at radius 3 is 2.42 bits per heavy atom. The summed E-state index contributed by atoms with van der Waals surface area (Å²) in [5.41, 5.74) is 7.06. The van der Waals surface area contributed by atoms with Gasteiger partial charge in [0.25, 0.3) is 0 Å². The van der Waals surface area contributed by atoms with Gasteiger partial charge in [-0.15, -0.1) is 0 Å². The van der Waals surface area contributed by atoms with Gasteiger partial charge in [0.05, 0.1) is 6.20 Å². The number of piperazine rings is 1. The number of nitrogens with two attached hydrogens (primary N) is 1. The van der Waals surface area contributed by atoms with Crippen LogP contribution in [0, 0.1) is 0 Å².